The monoisotopic (exact) mass is 246 g/mol. The molecule has 1 aliphatic heterocycles. The number of hydrogen-bond donors (Lipinski definition) is 1. The van der Waals surface area contributed by atoms with E-state index in [0.717, 1.165) is 35.7 Å². The van der Waals surface area contributed by atoms with E-state index in [1.807, 2.05) is 25.1 Å². The topological polar surface area (TPSA) is 47.3 Å². The molecule has 0 spiro atoms. The van der Waals surface area contributed by atoms with Crippen molar-refractivity contribution in [3.05, 3.63) is 29.7 Å². The molecule has 1 aromatic carbocycles. The molecular formula is C14H18N2O2. The molecule has 18 heavy (non-hydrogen) atoms. The van der Waals surface area contributed by atoms with Crippen molar-refractivity contribution in [2.75, 3.05) is 19.8 Å². The van der Waals surface area contributed by atoms with Crippen LogP contribution in [0.5, 0.6) is 0 Å². The predicted molar refractivity (Wildman–Crippen MR) is 69.8 cm³/mol. The molecule has 0 aliphatic carbocycles. The highest BCUT2D eigenvalue weighted by Crippen LogP contribution is 2.29. The number of rotatable bonds is 3. The Morgan fingerprint density at radius 1 is 1.39 bits per heavy atom. The molecule has 1 N–H and O–H groups in total. The SMILES string of the molecule is CCNC1COCC1c1nc2cccc(C)c2o1. The summed E-state index contributed by atoms with van der Waals surface area (Å²) in [6, 6.07) is 6.36. The van der Waals surface area contributed by atoms with Crippen LogP contribution in [0.3, 0.4) is 0 Å². The summed E-state index contributed by atoms with van der Waals surface area (Å²) in [6.45, 7) is 6.50. The molecule has 96 valence electrons. The highest BCUT2D eigenvalue weighted by molar-refractivity contribution is 5.76. The number of para-hydroxylation sites is 1. The molecule has 0 saturated carbocycles. The summed E-state index contributed by atoms with van der Waals surface area (Å²) in [6.07, 6.45) is 0. The van der Waals surface area contributed by atoms with Crippen LogP contribution < -0.4 is 5.32 Å². The van der Waals surface area contributed by atoms with Crippen LogP contribution in [0.1, 0.15) is 24.3 Å². The van der Waals surface area contributed by atoms with Gasteiger partial charge in [0, 0.05) is 6.04 Å². The van der Waals surface area contributed by atoms with E-state index in [4.69, 9.17) is 9.15 Å². The van der Waals surface area contributed by atoms with Gasteiger partial charge < -0.3 is 14.5 Å². The fraction of sp³-hybridized carbons (Fsp3) is 0.500. The summed E-state index contributed by atoms with van der Waals surface area (Å²) in [5, 5.41) is 3.43. The second kappa shape index (κ2) is 4.71. The van der Waals surface area contributed by atoms with Crippen molar-refractivity contribution in [2.24, 2.45) is 0 Å². The van der Waals surface area contributed by atoms with E-state index in [9.17, 15) is 0 Å². The smallest absolute Gasteiger partial charge is 0.202 e. The van der Waals surface area contributed by atoms with Crippen LogP contribution in [-0.2, 0) is 4.74 Å². The lowest BCUT2D eigenvalue weighted by Gasteiger charge is -2.14. The Morgan fingerprint density at radius 3 is 3.06 bits per heavy atom. The second-order valence-corrected chi connectivity index (χ2v) is 4.78. The third kappa shape index (κ3) is 1.91. The van der Waals surface area contributed by atoms with E-state index in [1.54, 1.807) is 0 Å². The molecule has 0 radical (unpaired) electrons. The molecular weight excluding hydrogens is 228 g/mol. The van der Waals surface area contributed by atoms with Crippen molar-refractivity contribution < 1.29 is 9.15 Å². The first kappa shape index (κ1) is 11.7. The van der Waals surface area contributed by atoms with Crippen molar-refractivity contribution >= 4 is 11.1 Å². The van der Waals surface area contributed by atoms with Crippen molar-refractivity contribution in [2.45, 2.75) is 25.8 Å². The zero-order chi connectivity index (χ0) is 12.5. The second-order valence-electron chi connectivity index (χ2n) is 4.78. The fourth-order valence-electron chi connectivity index (χ4n) is 2.52. The van der Waals surface area contributed by atoms with E-state index in [0.29, 0.717) is 12.6 Å². The molecule has 1 saturated heterocycles. The van der Waals surface area contributed by atoms with Crippen molar-refractivity contribution in [1.82, 2.24) is 10.3 Å². The highest BCUT2D eigenvalue weighted by Gasteiger charge is 2.32. The molecule has 0 bridgehead atoms. The quantitative estimate of drug-likeness (QED) is 0.902. The minimum absolute atomic E-state index is 0.219. The third-order valence-electron chi connectivity index (χ3n) is 3.49. The van der Waals surface area contributed by atoms with Gasteiger partial charge in [0.15, 0.2) is 5.58 Å². The average Bonchev–Trinajstić information content (AvgIpc) is 2.95. The van der Waals surface area contributed by atoms with Crippen LogP contribution >= 0.6 is 0 Å². The predicted octanol–water partition coefficient (Wildman–Crippen LogP) is 2.23. The van der Waals surface area contributed by atoms with Crippen LogP contribution in [0.4, 0.5) is 0 Å². The van der Waals surface area contributed by atoms with Crippen molar-refractivity contribution in [3.8, 4) is 0 Å². The number of nitrogens with one attached hydrogen (secondary N) is 1. The van der Waals surface area contributed by atoms with Gasteiger partial charge in [-0.05, 0) is 25.1 Å². The van der Waals surface area contributed by atoms with E-state index < -0.39 is 0 Å². The summed E-state index contributed by atoms with van der Waals surface area (Å²) in [7, 11) is 0. The molecule has 2 atom stereocenters. The van der Waals surface area contributed by atoms with Gasteiger partial charge in [0.2, 0.25) is 5.89 Å². The number of likely N-dealkylation sites (N-methyl/N-ethyl adjacent to an activating group) is 1. The molecule has 1 aliphatic rings. The molecule has 3 rings (SSSR count). The summed E-state index contributed by atoms with van der Waals surface area (Å²) in [5.41, 5.74) is 2.96. The number of fused-ring (bicyclic) bond motifs is 1. The number of oxazole rings is 1. The molecule has 2 heterocycles. The Balaban J connectivity index is 1.96. The zero-order valence-corrected chi connectivity index (χ0v) is 10.8. The lowest BCUT2D eigenvalue weighted by Crippen LogP contribution is -2.34. The van der Waals surface area contributed by atoms with Gasteiger partial charge >= 0.3 is 0 Å². The summed E-state index contributed by atoms with van der Waals surface area (Å²) in [4.78, 5) is 4.60. The van der Waals surface area contributed by atoms with Gasteiger partial charge in [-0.15, -0.1) is 0 Å². The standard InChI is InChI=1S/C14H18N2O2/c1-3-15-12-8-17-7-10(12)14-16-11-6-4-5-9(2)13(11)18-14/h4-6,10,12,15H,3,7-8H2,1-2H3. The number of benzene rings is 1. The van der Waals surface area contributed by atoms with E-state index in [-0.39, 0.29) is 5.92 Å². The maximum Gasteiger partial charge on any atom is 0.202 e. The average molecular weight is 246 g/mol. The Morgan fingerprint density at radius 2 is 2.28 bits per heavy atom. The number of aryl methyl sites for hydroxylation is 1. The number of nitrogens with zero attached hydrogens (tertiary/aromatic N) is 1. The Hall–Kier alpha value is -1.39. The lowest BCUT2D eigenvalue weighted by molar-refractivity contribution is 0.186. The van der Waals surface area contributed by atoms with Crippen LogP contribution in [0, 0.1) is 6.92 Å². The molecule has 1 aromatic heterocycles. The van der Waals surface area contributed by atoms with Gasteiger partial charge in [-0.25, -0.2) is 4.98 Å². The minimum Gasteiger partial charge on any atom is -0.440 e. The van der Waals surface area contributed by atoms with E-state index in [2.05, 4.69) is 17.2 Å². The first-order valence-electron chi connectivity index (χ1n) is 6.46. The Bertz CT molecular complexity index is 550. The van der Waals surface area contributed by atoms with Gasteiger partial charge in [-0.3, -0.25) is 0 Å². The van der Waals surface area contributed by atoms with E-state index in [1.165, 1.54) is 0 Å². The third-order valence-corrected chi connectivity index (χ3v) is 3.49. The molecule has 0 amide bonds. The number of ether oxygens (including phenoxy) is 1. The first-order valence-corrected chi connectivity index (χ1v) is 6.46. The van der Waals surface area contributed by atoms with Crippen molar-refractivity contribution in [1.29, 1.82) is 0 Å². The van der Waals surface area contributed by atoms with Gasteiger partial charge in [0.05, 0.1) is 19.1 Å². The largest absolute Gasteiger partial charge is 0.440 e. The minimum atomic E-state index is 0.219. The van der Waals surface area contributed by atoms with Crippen LogP contribution in [0.2, 0.25) is 0 Å². The lowest BCUT2D eigenvalue weighted by atomic mass is 10.0. The molecule has 2 aromatic rings. The maximum atomic E-state index is 5.93. The molecule has 4 nitrogen and oxygen atoms in total. The Kier molecular flexibility index (Phi) is 3.06. The summed E-state index contributed by atoms with van der Waals surface area (Å²) in [5.74, 6) is 1.01. The van der Waals surface area contributed by atoms with Gasteiger partial charge in [-0.1, -0.05) is 19.1 Å². The zero-order valence-electron chi connectivity index (χ0n) is 10.8. The fourth-order valence-corrected chi connectivity index (χ4v) is 2.52. The normalized spacial score (nSPS) is 23.9. The van der Waals surface area contributed by atoms with Crippen molar-refractivity contribution in [3.63, 3.8) is 0 Å². The van der Waals surface area contributed by atoms with Gasteiger partial charge in [0.25, 0.3) is 0 Å². The van der Waals surface area contributed by atoms with Crippen LogP contribution in [-0.4, -0.2) is 30.8 Å². The van der Waals surface area contributed by atoms with Gasteiger partial charge in [-0.2, -0.15) is 0 Å². The number of aromatic nitrogens is 1. The summed E-state index contributed by atoms with van der Waals surface area (Å²) < 4.78 is 11.5. The molecule has 4 heteroatoms. The highest BCUT2D eigenvalue weighted by atomic mass is 16.5. The molecule has 1 fully saturated rings. The molecule has 2 unspecified atom stereocenters. The first-order chi connectivity index (χ1) is 8.79. The van der Waals surface area contributed by atoms with Crippen LogP contribution in [0.25, 0.3) is 11.1 Å². The van der Waals surface area contributed by atoms with Crippen LogP contribution in [0.15, 0.2) is 22.6 Å². The maximum absolute atomic E-state index is 5.93. The Labute approximate surface area is 106 Å². The van der Waals surface area contributed by atoms with E-state index >= 15 is 0 Å². The summed E-state index contributed by atoms with van der Waals surface area (Å²) >= 11 is 0. The number of hydrogen-bond acceptors (Lipinski definition) is 4. The van der Waals surface area contributed by atoms with Gasteiger partial charge in [0.1, 0.15) is 5.52 Å².